The van der Waals surface area contributed by atoms with Crippen molar-refractivity contribution in [1.82, 2.24) is 14.7 Å². The average molecular weight is 606 g/mol. The Balaban J connectivity index is 1.41. The SMILES string of the molecule is O=C(O)CN1CC2(CCN(c3cc(C(F)(F)F)ccc3CN3CCN(C(=O)OC(C(F)(F)F)C(F)(F)F)CC3)C2)C1. The summed E-state index contributed by atoms with van der Waals surface area (Å²) in [5, 5.41) is 8.98. The molecule has 0 radical (unpaired) electrons. The molecule has 1 N–H and O–H groups in total. The second-order valence-electron chi connectivity index (χ2n) is 10.7. The number of hydrogen-bond donors (Lipinski definition) is 1. The molecule has 3 fully saturated rings. The molecule has 0 bridgehead atoms. The molecule has 0 aromatic heterocycles. The van der Waals surface area contributed by atoms with Crippen molar-refractivity contribution in [2.24, 2.45) is 5.41 Å². The van der Waals surface area contributed by atoms with E-state index in [1.165, 1.54) is 6.07 Å². The summed E-state index contributed by atoms with van der Waals surface area (Å²) in [5.74, 6) is -0.969. The van der Waals surface area contributed by atoms with Crippen LogP contribution in [0.1, 0.15) is 17.5 Å². The predicted octanol–water partition coefficient (Wildman–Crippen LogP) is 4.05. The van der Waals surface area contributed by atoms with Gasteiger partial charge in [0.25, 0.3) is 6.10 Å². The van der Waals surface area contributed by atoms with Gasteiger partial charge in [-0.25, -0.2) is 4.79 Å². The minimum atomic E-state index is -5.84. The number of alkyl halides is 9. The molecule has 3 aliphatic heterocycles. The van der Waals surface area contributed by atoms with E-state index in [1.807, 2.05) is 4.90 Å². The van der Waals surface area contributed by atoms with Gasteiger partial charge in [-0.15, -0.1) is 0 Å². The number of halogens is 9. The summed E-state index contributed by atoms with van der Waals surface area (Å²) in [6.07, 6.45) is -21.6. The van der Waals surface area contributed by atoms with E-state index in [0.29, 0.717) is 43.9 Å². The Labute approximate surface area is 228 Å². The van der Waals surface area contributed by atoms with Gasteiger partial charge in [0.2, 0.25) is 0 Å². The molecule has 1 amide bonds. The second-order valence-corrected chi connectivity index (χ2v) is 10.7. The van der Waals surface area contributed by atoms with Gasteiger partial charge in [0, 0.05) is 70.0 Å². The Morgan fingerprint density at radius 1 is 0.878 bits per heavy atom. The van der Waals surface area contributed by atoms with E-state index < -0.39 is 42.3 Å². The Bertz CT molecular complexity index is 1110. The molecule has 8 nitrogen and oxygen atoms in total. The summed E-state index contributed by atoms with van der Waals surface area (Å²) in [6.45, 7) is 1.47. The van der Waals surface area contributed by atoms with Crippen molar-refractivity contribution < 1.29 is 58.9 Å². The zero-order valence-corrected chi connectivity index (χ0v) is 21.5. The van der Waals surface area contributed by atoms with Crippen LogP contribution in [0.5, 0.6) is 0 Å². The van der Waals surface area contributed by atoms with Crippen LogP contribution < -0.4 is 4.90 Å². The number of anilines is 1. The van der Waals surface area contributed by atoms with E-state index in [4.69, 9.17) is 5.11 Å². The number of amides is 1. The van der Waals surface area contributed by atoms with Crippen molar-refractivity contribution in [1.29, 1.82) is 0 Å². The molecule has 3 saturated heterocycles. The van der Waals surface area contributed by atoms with Gasteiger partial charge >= 0.3 is 30.6 Å². The van der Waals surface area contributed by atoms with Gasteiger partial charge in [-0.05, 0) is 24.1 Å². The van der Waals surface area contributed by atoms with Crippen LogP contribution in [0.4, 0.5) is 50.0 Å². The minimum Gasteiger partial charge on any atom is -0.480 e. The zero-order chi connectivity index (χ0) is 30.4. The summed E-state index contributed by atoms with van der Waals surface area (Å²) >= 11 is 0. The molecule has 230 valence electrons. The highest BCUT2D eigenvalue weighted by Crippen LogP contribution is 2.43. The third-order valence-corrected chi connectivity index (χ3v) is 7.51. The lowest BCUT2D eigenvalue weighted by Gasteiger charge is -2.47. The standard InChI is InChI=1S/C24H27F9N4O4/c25-22(26,27)16-2-1-15(17(9-16)37-4-3-21(14-37)12-35(13-21)11-18(38)39)10-34-5-7-36(8-6-34)20(40)41-19(23(28,29)30)24(31,32)33/h1-2,9,19H,3-8,10-14H2,(H,38,39). The summed E-state index contributed by atoms with van der Waals surface area (Å²) in [5.41, 5.74) is -0.220. The van der Waals surface area contributed by atoms with Gasteiger partial charge in [-0.3, -0.25) is 14.6 Å². The summed E-state index contributed by atoms with van der Waals surface area (Å²) < 4.78 is 121. The van der Waals surface area contributed by atoms with E-state index in [-0.39, 0.29) is 44.7 Å². The monoisotopic (exact) mass is 606 g/mol. The van der Waals surface area contributed by atoms with E-state index >= 15 is 0 Å². The highest BCUT2D eigenvalue weighted by molar-refractivity contribution is 5.69. The number of carbonyl (C=O) groups excluding carboxylic acids is 1. The molecule has 3 heterocycles. The summed E-state index contributed by atoms with van der Waals surface area (Å²) in [7, 11) is 0. The number of carbonyl (C=O) groups is 2. The average Bonchev–Trinajstić information content (AvgIpc) is 3.26. The molecule has 1 spiro atoms. The molecule has 3 aliphatic rings. The van der Waals surface area contributed by atoms with E-state index in [1.54, 1.807) is 9.80 Å². The lowest BCUT2D eigenvalue weighted by Crippen LogP contribution is -2.58. The van der Waals surface area contributed by atoms with Crippen molar-refractivity contribution >= 4 is 17.7 Å². The predicted molar refractivity (Wildman–Crippen MR) is 124 cm³/mol. The fraction of sp³-hybridized carbons (Fsp3) is 0.667. The quantitative estimate of drug-likeness (QED) is 0.490. The number of carboxylic acids is 1. The smallest absolute Gasteiger partial charge is 0.434 e. The van der Waals surface area contributed by atoms with Crippen LogP contribution in [0, 0.1) is 5.41 Å². The molecular formula is C24H27F9N4O4. The van der Waals surface area contributed by atoms with Crippen LogP contribution in [-0.2, 0) is 22.3 Å². The van der Waals surface area contributed by atoms with Crippen molar-refractivity contribution in [3.63, 3.8) is 0 Å². The van der Waals surface area contributed by atoms with E-state index in [2.05, 4.69) is 4.74 Å². The summed E-state index contributed by atoms with van der Waals surface area (Å²) in [6, 6.07) is 3.31. The van der Waals surface area contributed by atoms with Crippen molar-refractivity contribution in [3.8, 4) is 0 Å². The van der Waals surface area contributed by atoms with Crippen LogP contribution in [-0.4, -0.2) is 109 Å². The molecule has 0 unspecified atom stereocenters. The Morgan fingerprint density at radius 2 is 1.49 bits per heavy atom. The maximum Gasteiger partial charge on any atom is 0.434 e. The molecule has 0 atom stereocenters. The number of ether oxygens (including phenoxy) is 1. The molecule has 0 saturated carbocycles. The molecule has 41 heavy (non-hydrogen) atoms. The van der Waals surface area contributed by atoms with Crippen LogP contribution in [0.2, 0.25) is 0 Å². The van der Waals surface area contributed by atoms with Gasteiger partial charge in [-0.1, -0.05) is 6.07 Å². The fourth-order valence-corrected chi connectivity index (χ4v) is 5.60. The number of nitrogens with zero attached hydrogens (tertiary/aromatic N) is 4. The third-order valence-electron chi connectivity index (χ3n) is 7.51. The number of rotatable bonds is 6. The lowest BCUT2D eigenvalue weighted by atomic mass is 9.79. The molecular weight excluding hydrogens is 579 g/mol. The van der Waals surface area contributed by atoms with Crippen LogP contribution >= 0.6 is 0 Å². The Hall–Kier alpha value is -2.95. The second kappa shape index (κ2) is 11.0. The first-order valence-corrected chi connectivity index (χ1v) is 12.6. The first kappa shape index (κ1) is 31.0. The molecule has 1 aromatic carbocycles. The van der Waals surface area contributed by atoms with Crippen LogP contribution in [0.3, 0.4) is 0 Å². The summed E-state index contributed by atoms with van der Waals surface area (Å²) in [4.78, 5) is 29.0. The van der Waals surface area contributed by atoms with Crippen molar-refractivity contribution in [2.45, 2.75) is 37.6 Å². The van der Waals surface area contributed by atoms with Gasteiger partial charge in [0.15, 0.2) is 0 Å². The maximum atomic E-state index is 13.5. The molecule has 0 aliphatic carbocycles. The topological polar surface area (TPSA) is 76.6 Å². The normalized spacial score (nSPS) is 20.5. The van der Waals surface area contributed by atoms with Crippen LogP contribution in [0.25, 0.3) is 0 Å². The van der Waals surface area contributed by atoms with Gasteiger partial charge in [-0.2, -0.15) is 39.5 Å². The number of carboxylic acid groups (broad SMARTS) is 1. The lowest BCUT2D eigenvalue weighted by molar-refractivity contribution is -0.308. The number of benzene rings is 1. The van der Waals surface area contributed by atoms with Crippen LogP contribution in [0.15, 0.2) is 18.2 Å². The molecule has 1 aromatic rings. The van der Waals surface area contributed by atoms with Gasteiger partial charge in [0.1, 0.15) is 0 Å². The highest BCUT2D eigenvalue weighted by atomic mass is 19.4. The highest BCUT2D eigenvalue weighted by Gasteiger charge is 2.60. The Kier molecular flexibility index (Phi) is 8.34. The zero-order valence-electron chi connectivity index (χ0n) is 21.5. The number of aliphatic carboxylic acids is 1. The number of hydrogen-bond acceptors (Lipinski definition) is 6. The first-order chi connectivity index (χ1) is 18.9. The van der Waals surface area contributed by atoms with Crippen molar-refractivity contribution in [3.05, 3.63) is 29.3 Å². The number of piperazine rings is 1. The van der Waals surface area contributed by atoms with Gasteiger partial charge < -0.3 is 19.6 Å². The van der Waals surface area contributed by atoms with Crippen molar-refractivity contribution in [2.75, 3.05) is 63.8 Å². The Morgan fingerprint density at radius 3 is 2.02 bits per heavy atom. The fourth-order valence-electron chi connectivity index (χ4n) is 5.60. The minimum absolute atomic E-state index is 0.0341. The number of likely N-dealkylation sites (tertiary alicyclic amines) is 1. The molecule has 17 heteroatoms. The van der Waals surface area contributed by atoms with Gasteiger partial charge in [0.05, 0.1) is 12.1 Å². The first-order valence-electron chi connectivity index (χ1n) is 12.6. The maximum absolute atomic E-state index is 13.5. The van der Waals surface area contributed by atoms with E-state index in [9.17, 15) is 49.1 Å². The third kappa shape index (κ3) is 7.28. The molecule has 4 rings (SSSR count). The van der Waals surface area contributed by atoms with E-state index in [0.717, 1.165) is 17.0 Å². The largest absolute Gasteiger partial charge is 0.480 e.